The second-order valence-electron chi connectivity index (χ2n) is 5.29. The Balaban J connectivity index is 3.07. The Hall–Kier alpha value is -1.88. The molecule has 1 rings (SSSR count). The Morgan fingerprint density at radius 1 is 1.21 bits per heavy atom. The maximum absolute atomic E-state index is 12.1. The van der Waals surface area contributed by atoms with E-state index in [0.29, 0.717) is 5.56 Å². The number of esters is 1. The van der Waals surface area contributed by atoms with Crippen LogP contribution in [0.1, 0.15) is 32.3 Å². The van der Waals surface area contributed by atoms with Crippen LogP contribution in [0.3, 0.4) is 0 Å². The van der Waals surface area contributed by atoms with Crippen LogP contribution in [0.15, 0.2) is 30.3 Å². The summed E-state index contributed by atoms with van der Waals surface area (Å²) in [5.74, 6) is -2.88. The number of hydrogen-bond donors (Lipinski definition) is 2. The molecular formula is C14H19NO4. The van der Waals surface area contributed by atoms with E-state index >= 15 is 0 Å². The van der Waals surface area contributed by atoms with Crippen molar-refractivity contribution in [2.24, 2.45) is 5.73 Å². The standard InChI is InChI=1S/C14H19NO4/c1-14(2,3)19-13(18)10(11(15)12(16)17)9-7-5-4-6-8-9/h4-8,10-11H,15H2,1-3H3,(H,16,17). The van der Waals surface area contributed by atoms with Crippen LogP contribution in [-0.2, 0) is 14.3 Å². The molecule has 19 heavy (non-hydrogen) atoms. The molecule has 3 N–H and O–H groups in total. The van der Waals surface area contributed by atoms with E-state index in [-0.39, 0.29) is 0 Å². The third-order valence-corrected chi connectivity index (χ3v) is 2.46. The fourth-order valence-electron chi connectivity index (χ4n) is 1.66. The molecule has 0 saturated carbocycles. The summed E-state index contributed by atoms with van der Waals surface area (Å²) in [6.07, 6.45) is 0. The van der Waals surface area contributed by atoms with Crippen molar-refractivity contribution >= 4 is 11.9 Å². The summed E-state index contributed by atoms with van der Waals surface area (Å²) in [6, 6.07) is 7.22. The van der Waals surface area contributed by atoms with E-state index in [1.165, 1.54) is 0 Å². The van der Waals surface area contributed by atoms with Crippen LogP contribution < -0.4 is 5.73 Å². The molecule has 0 amide bonds. The molecule has 5 nitrogen and oxygen atoms in total. The summed E-state index contributed by atoms with van der Waals surface area (Å²) in [5, 5.41) is 9.03. The van der Waals surface area contributed by atoms with Crippen LogP contribution in [0, 0.1) is 0 Å². The minimum absolute atomic E-state index is 0.534. The van der Waals surface area contributed by atoms with Crippen LogP contribution in [0.5, 0.6) is 0 Å². The van der Waals surface area contributed by atoms with Crippen molar-refractivity contribution in [3.63, 3.8) is 0 Å². The van der Waals surface area contributed by atoms with Gasteiger partial charge in [-0.25, -0.2) is 0 Å². The number of hydrogen-bond acceptors (Lipinski definition) is 4. The minimum atomic E-state index is -1.34. The fraction of sp³-hybridized carbons (Fsp3) is 0.429. The average Bonchev–Trinajstić information content (AvgIpc) is 2.28. The summed E-state index contributed by atoms with van der Waals surface area (Å²) in [4.78, 5) is 23.2. The van der Waals surface area contributed by atoms with Gasteiger partial charge in [-0.1, -0.05) is 30.3 Å². The molecule has 0 aliphatic carbocycles. The highest BCUT2D eigenvalue weighted by molar-refractivity contribution is 5.87. The molecule has 0 saturated heterocycles. The molecule has 104 valence electrons. The monoisotopic (exact) mass is 265 g/mol. The first kappa shape index (κ1) is 15.2. The van der Waals surface area contributed by atoms with Crippen molar-refractivity contribution < 1.29 is 19.4 Å². The highest BCUT2D eigenvalue weighted by Gasteiger charge is 2.35. The van der Waals surface area contributed by atoms with Gasteiger partial charge in [0.25, 0.3) is 0 Å². The predicted molar refractivity (Wildman–Crippen MR) is 70.6 cm³/mol. The van der Waals surface area contributed by atoms with Crippen molar-refractivity contribution in [2.75, 3.05) is 0 Å². The lowest BCUT2D eigenvalue weighted by atomic mass is 9.92. The number of carboxylic acids is 1. The largest absolute Gasteiger partial charge is 0.480 e. The van der Waals surface area contributed by atoms with Crippen molar-refractivity contribution in [2.45, 2.75) is 38.3 Å². The molecule has 0 spiro atoms. The molecule has 0 aromatic heterocycles. The van der Waals surface area contributed by atoms with Crippen molar-refractivity contribution in [3.8, 4) is 0 Å². The van der Waals surface area contributed by atoms with Gasteiger partial charge in [-0.05, 0) is 26.3 Å². The normalized spacial score (nSPS) is 14.5. The third-order valence-electron chi connectivity index (χ3n) is 2.46. The number of aliphatic carboxylic acids is 1. The number of carbonyl (C=O) groups is 2. The van der Waals surface area contributed by atoms with Gasteiger partial charge in [0.1, 0.15) is 17.6 Å². The molecule has 0 bridgehead atoms. The predicted octanol–water partition coefficient (Wildman–Crippen LogP) is 1.52. The van der Waals surface area contributed by atoms with Crippen molar-refractivity contribution in [3.05, 3.63) is 35.9 Å². The smallest absolute Gasteiger partial charge is 0.321 e. The number of carboxylic acid groups (broad SMARTS) is 1. The molecule has 0 radical (unpaired) electrons. The van der Waals surface area contributed by atoms with Crippen LogP contribution in [0.4, 0.5) is 0 Å². The summed E-state index contributed by atoms with van der Waals surface area (Å²) in [6.45, 7) is 5.16. The van der Waals surface area contributed by atoms with Crippen LogP contribution in [0.2, 0.25) is 0 Å². The SMILES string of the molecule is CC(C)(C)OC(=O)C(c1ccccc1)C(N)C(=O)O. The van der Waals surface area contributed by atoms with E-state index in [1.807, 2.05) is 0 Å². The first-order valence-corrected chi connectivity index (χ1v) is 5.98. The number of nitrogens with two attached hydrogens (primary N) is 1. The Kier molecular flexibility index (Phi) is 4.67. The van der Waals surface area contributed by atoms with Gasteiger partial charge in [0.15, 0.2) is 0 Å². The topological polar surface area (TPSA) is 89.6 Å². The lowest BCUT2D eigenvalue weighted by Crippen LogP contribution is -2.42. The number of carbonyl (C=O) groups excluding carboxylic acids is 1. The highest BCUT2D eigenvalue weighted by Crippen LogP contribution is 2.23. The quantitative estimate of drug-likeness (QED) is 0.806. The van der Waals surface area contributed by atoms with Gasteiger partial charge in [0, 0.05) is 0 Å². The number of ether oxygens (including phenoxy) is 1. The third kappa shape index (κ3) is 4.37. The summed E-state index contributed by atoms with van der Waals surface area (Å²) in [7, 11) is 0. The zero-order valence-corrected chi connectivity index (χ0v) is 11.3. The summed E-state index contributed by atoms with van der Waals surface area (Å²) >= 11 is 0. The minimum Gasteiger partial charge on any atom is -0.480 e. The van der Waals surface area contributed by atoms with Gasteiger partial charge < -0.3 is 15.6 Å². The maximum Gasteiger partial charge on any atom is 0.321 e. The zero-order valence-electron chi connectivity index (χ0n) is 11.3. The second kappa shape index (κ2) is 5.84. The van der Waals surface area contributed by atoms with E-state index in [4.69, 9.17) is 15.6 Å². The van der Waals surface area contributed by atoms with E-state index < -0.39 is 29.5 Å². The molecule has 5 heteroatoms. The molecule has 0 aliphatic rings. The lowest BCUT2D eigenvalue weighted by molar-refractivity contribution is -0.160. The Labute approximate surface area is 112 Å². The molecular weight excluding hydrogens is 246 g/mol. The van der Waals surface area contributed by atoms with E-state index in [0.717, 1.165) is 0 Å². The van der Waals surface area contributed by atoms with Crippen molar-refractivity contribution in [1.29, 1.82) is 0 Å². The van der Waals surface area contributed by atoms with Crippen LogP contribution in [0.25, 0.3) is 0 Å². The number of benzene rings is 1. The van der Waals surface area contributed by atoms with Gasteiger partial charge in [0.05, 0.1) is 0 Å². The Morgan fingerprint density at radius 2 is 1.74 bits per heavy atom. The van der Waals surface area contributed by atoms with Gasteiger partial charge in [-0.3, -0.25) is 9.59 Å². The van der Waals surface area contributed by atoms with Gasteiger partial charge in [-0.15, -0.1) is 0 Å². The number of rotatable bonds is 4. The average molecular weight is 265 g/mol. The van der Waals surface area contributed by atoms with E-state index in [2.05, 4.69) is 0 Å². The molecule has 1 aromatic carbocycles. The van der Waals surface area contributed by atoms with Gasteiger partial charge >= 0.3 is 11.9 Å². The van der Waals surface area contributed by atoms with Crippen LogP contribution >= 0.6 is 0 Å². The van der Waals surface area contributed by atoms with Crippen molar-refractivity contribution in [1.82, 2.24) is 0 Å². The Bertz CT molecular complexity index is 450. The molecule has 1 aromatic rings. The fourth-order valence-corrected chi connectivity index (χ4v) is 1.66. The highest BCUT2D eigenvalue weighted by atomic mass is 16.6. The molecule has 2 atom stereocenters. The zero-order chi connectivity index (χ0) is 14.6. The summed E-state index contributed by atoms with van der Waals surface area (Å²) in [5.41, 5.74) is 5.45. The van der Waals surface area contributed by atoms with Gasteiger partial charge in [0.2, 0.25) is 0 Å². The molecule has 0 heterocycles. The molecule has 2 unspecified atom stereocenters. The summed E-state index contributed by atoms with van der Waals surface area (Å²) < 4.78 is 5.24. The lowest BCUT2D eigenvalue weighted by Gasteiger charge is -2.26. The van der Waals surface area contributed by atoms with Crippen LogP contribution in [-0.4, -0.2) is 28.7 Å². The van der Waals surface area contributed by atoms with Gasteiger partial charge in [-0.2, -0.15) is 0 Å². The van der Waals surface area contributed by atoms with E-state index in [9.17, 15) is 9.59 Å². The van der Waals surface area contributed by atoms with E-state index in [1.54, 1.807) is 51.1 Å². The maximum atomic E-state index is 12.1. The Morgan fingerprint density at radius 3 is 2.16 bits per heavy atom. The first-order chi connectivity index (χ1) is 8.72. The first-order valence-electron chi connectivity index (χ1n) is 5.98. The molecule has 0 aliphatic heterocycles. The second-order valence-corrected chi connectivity index (χ2v) is 5.29. The molecule has 0 fully saturated rings.